The van der Waals surface area contributed by atoms with Crippen molar-refractivity contribution in [1.29, 1.82) is 0 Å². The van der Waals surface area contributed by atoms with Crippen LogP contribution in [-0.2, 0) is 16.1 Å². The summed E-state index contributed by atoms with van der Waals surface area (Å²) >= 11 is 0. The lowest BCUT2D eigenvalue weighted by molar-refractivity contribution is 0.0172. The van der Waals surface area contributed by atoms with Gasteiger partial charge in [0.25, 0.3) is 0 Å². The van der Waals surface area contributed by atoms with Crippen molar-refractivity contribution in [1.82, 2.24) is 10.2 Å². The van der Waals surface area contributed by atoms with Crippen LogP contribution in [0.5, 0.6) is 0 Å². The predicted octanol–water partition coefficient (Wildman–Crippen LogP) is 3.56. The number of amides is 2. The molecule has 1 aliphatic carbocycles. The average molecular weight is 360 g/mol. The minimum Gasteiger partial charge on any atom is -0.445 e. The van der Waals surface area contributed by atoms with Crippen LogP contribution < -0.4 is 5.32 Å². The normalized spacial score (nSPS) is 27.3. The second-order valence-electron chi connectivity index (χ2n) is 8.49. The topological polar surface area (TPSA) is 67.9 Å². The number of benzene rings is 1. The SMILES string of the molecule is CC1C[C@@]2(NC(=O)OC(C)(C)C)CN(C(=O)OCc3ccccc3)CC12. The van der Waals surface area contributed by atoms with Crippen LogP contribution in [-0.4, -0.2) is 41.3 Å². The number of fused-ring (bicyclic) bond motifs is 1. The molecule has 1 saturated heterocycles. The van der Waals surface area contributed by atoms with Crippen molar-refractivity contribution in [2.45, 2.75) is 51.9 Å². The van der Waals surface area contributed by atoms with Gasteiger partial charge in [0.2, 0.25) is 0 Å². The van der Waals surface area contributed by atoms with Crippen molar-refractivity contribution < 1.29 is 19.1 Å². The number of hydrogen-bond acceptors (Lipinski definition) is 4. The molecule has 2 aliphatic rings. The Kier molecular flexibility index (Phi) is 4.86. The minimum absolute atomic E-state index is 0.235. The number of ether oxygens (including phenoxy) is 2. The largest absolute Gasteiger partial charge is 0.445 e. The fraction of sp³-hybridized carbons (Fsp3) is 0.600. The summed E-state index contributed by atoms with van der Waals surface area (Å²) in [5, 5.41) is 3.03. The Balaban J connectivity index is 1.58. The Hall–Kier alpha value is -2.24. The summed E-state index contributed by atoms with van der Waals surface area (Å²) in [7, 11) is 0. The standard InChI is InChI=1S/C20H28N2O4/c1-14-10-20(21-17(23)26-19(2,3)4)13-22(11-16(14)20)18(24)25-12-15-8-6-5-7-9-15/h5-9,14,16H,10-13H2,1-4H3,(H,21,23)/t14?,16?,20-/m1/s1. The zero-order valence-electron chi connectivity index (χ0n) is 16.0. The molecular formula is C20H28N2O4. The van der Waals surface area contributed by atoms with Gasteiger partial charge in [-0.2, -0.15) is 0 Å². The van der Waals surface area contributed by atoms with Gasteiger partial charge in [0, 0.05) is 19.0 Å². The Bertz CT molecular complexity index is 670. The zero-order chi connectivity index (χ0) is 18.9. The molecule has 0 bridgehead atoms. The van der Waals surface area contributed by atoms with Crippen LogP contribution >= 0.6 is 0 Å². The van der Waals surface area contributed by atoms with Gasteiger partial charge in [-0.15, -0.1) is 0 Å². The van der Waals surface area contributed by atoms with Crippen LogP contribution in [0.3, 0.4) is 0 Å². The summed E-state index contributed by atoms with van der Waals surface area (Å²) in [4.78, 5) is 26.4. The van der Waals surface area contributed by atoms with Crippen LogP contribution in [0.2, 0.25) is 0 Å². The maximum atomic E-state index is 12.5. The van der Waals surface area contributed by atoms with Crippen LogP contribution in [0.25, 0.3) is 0 Å². The third-order valence-electron chi connectivity index (χ3n) is 5.19. The van der Waals surface area contributed by atoms with Gasteiger partial charge in [-0.05, 0) is 38.7 Å². The first kappa shape index (κ1) is 18.5. The van der Waals surface area contributed by atoms with Crippen molar-refractivity contribution in [2.24, 2.45) is 11.8 Å². The van der Waals surface area contributed by atoms with Crippen molar-refractivity contribution in [2.75, 3.05) is 13.1 Å². The van der Waals surface area contributed by atoms with E-state index < -0.39 is 17.2 Å². The lowest BCUT2D eigenvalue weighted by Crippen LogP contribution is -2.64. The maximum absolute atomic E-state index is 12.5. The number of carbonyl (C=O) groups excluding carboxylic acids is 2. The number of nitrogens with zero attached hydrogens (tertiary/aromatic N) is 1. The van der Waals surface area contributed by atoms with E-state index in [1.54, 1.807) is 4.90 Å². The van der Waals surface area contributed by atoms with E-state index in [9.17, 15) is 9.59 Å². The fourth-order valence-electron chi connectivity index (χ4n) is 4.07. The van der Waals surface area contributed by atoms with Gasteiger partial charge >= 0.3 is 12.2 Å². The van der Waals surface area contributed by atoms with E-state index in [1.807, 2.05) is 51.1 Å². The van der Waals surface area contributed by atoms with Crippen LogP contribution in [0.4, 0.5) is 9.59 Å². The highest BCUT2D eigenvalue weighted by Crippen LogP contribution is 2.49. The highest BCUT2D eigenvalue weighted by Gasteiger charge is 2.59. The second kappa shape index (κ2) is 6.82. The summed E-state index contributed by atoms with van der Waals surface area (Å²) in [5.41, 5.74) is 0.0180. The predicted molar refractivity (Wildman–Crippen MR) is 97.6 cm³/mol. The van der Waals surface area contributed by atoms with E-state index in [0.717, 1.165) is 12.0 Å². The Labute approximate surface area is 154 Å². The first-order chi connectivity index (χ1) is 12.2. The highest BCUT2D eigenvalue weighted by atomic mass is 16.6. The molecule has 3 atom stereocenters. The first-order valence-electron chi connectivity index (χ1n) is 9.15. The molecule has 0 radical (unpaired) electrons. The molecule has 1 aliphatic heterocycles. The molecule has 6 heteroatoms. The molecule has 3 rings (SSSR count). The van der Waals surface area contributed by atoms with Gasteiger partial charge in [-0.1, -0.05) is 37.3 Å². The number of alkyl carbamates (subject to hydrolysis) is 1. The summed E-state index contributed by atoms with van der Waals surface area (Å²) < 4.78 is 10.8. The lowest BCUT2D eigenvalue weighted by atomic mass is 9.62. The molecule has 2 fully saturated rings. The number of rotatable bonds is 3. The Morgan fingerprint density at radius 1 is 1.27 bits per heavy atom. The van der Waals surface area contributed by atoms with Crippen LogP contribution in [0, 0.1) is 11.8 Å². The monoisotopic (exact) mass is 360 g/mol. The Morgan fingerprint density at radius 2 is 1.96 bits per heavy atom. The van der Waals surface area contributed by atoms with Crippen LogP contribution in [0.15, 0.2) is 30.3 Å². The molecule has 1 aromatic rings. The number of carbonyl (C=O) groups is 2. The second-order valence-corrected chi connectivity index (χ2v) is 8.49. The van der Waals surface area contributed by atoms with Crippen molar-refractivity contribution in [3.63, 3.8) is 0 Å². The van der Waals surface area contributed by atoms with E-state index in [4.69, 9.17) is 9.47 Å². The Morgan fingerprint density at radius 3 is 2.58 bits per heavy atom. The first-order valence-corrected chi connectivity index (χ1v) is 9.15. The lowest BCUT2D eigenvalue weighted by Gasteiger charge is -2.49. The smallest absolute Gasteiger partial charge is 0.410 e. The average Bonchev–Trinajstić information content (AvgIpc) is 2.84. The molecular weight excluding hydrogens is 332 g/mol. The number of likely N-dealkylation sites (tertiary alicyclic amines) is 1. The molecule has 142 valence electrons. The van der Waals surface area contributed by atoms with E-state index >= 15 is 0 Å². The van der Waals surface area contributed by atoms with E-state index in [-0.39, 0.29) is 18.6 Å². The van der Waals surface area contributed by atoms with Crippen molar-refractivity contribution in [3.05, 3.63) is 35.9 Å². The van der Waals surface area contributed by atoms with Crippen LogP contribution in [0.1, 0.15) is 39.7 Å². The van der Waals surface area contributed by atoms with Gasteiger partial charge in [0.15, 0.2) is 0 Å². The highest BCUT2D eigenvalue weighted by molar-refractivity contribution is 5.71. The van der Waals surface area contributed by atoms with E-state index in [0.29, 0.717) is 19.0 Å². The fourth-order valence-corrected chi connectivity index (χ4v) is 4.07. The third kappa shape index (κ3) is 3.94. The molecule has 2 amide bonds. The molecule has 1 N–H and O–H groups in total. The molecule has 6 nitrogen and oxygen atoms in total. The zero-order valence-corrected chi connectivity index (χ0v) is 16.0. The third-order valence-corrected chi connectivity index (χ3v) is 5.19. The van der Waals surface area contributed by atoms with Crippen molar-refractivity contribution in [3.8, 4) is 0 Å². The molecule has 1 heterocycles. The molecule has 0 aromatic heterocycles. The van der Waals surface area contributed by atoms with E-state index in [1.165, 1.54) is 0 Å². The number of hydrogen-bond donors (Lipinski definition) is 1. The molecule has 1 aromatic carbocycles. The maximum Gasteiger partial charge on any atom is 0.410 e. The summed E-state index contributed by atoms with van der Waals surface area (Å²) in [5.74, 6) is 0.691. The number of nitrogens with one attached hydrogen (secondary N) is 1. The molecule has 26 heavy (non-hydrogen) atoms. The van der Waals surface area contributed by atoms with Gasteiger partial charge < -0.3 is 19.7 Å². The summed E-state index contributed by atoms with van der Waals surface area (Å²) in [6.45, 7) is 8.99. The quantitative estimate of drug-likeness (QED) is 0.895. The van der Waals surface area contributed by atoms with Gasteiger partial charge in [0.1, 0.15) is 12.2 Å². The molecule has 0 spiro atoms. The van der Waals surface area contributed by atoms with E-state index in [2.05, 4.69) is 12.2 Å². The molecule has 2 unspecified atom stereocenters. The summed E-state index contributed by atoms with van der Waals surface area (Å²) in [6, 6.07) is 9.61. The molecule has 1 saturated carbocycles. The summed E-state index contributed by atoms with van der Waals surface area (Å²) in [6.07, 6.45) is 0.0917. The minimum atomic E-state index is -0.543. The van der Waals surface area contributed by atoms with Gasteiger partial charge in [0.05, 0.1) is 5.54 Å². The van der Waals surface area contributed by atoms with Crippen molar-refractivity contribution >= 4 is 12.2 Å². The van der Waals surface area contributed by atoms with Gasteiger partial charge in [-0.3, -0.25) is 0 Å². The van der Waals surface area contributed by atoms with Gasteiger partial charge in [-0.25, -0.2) is 9.59 Å².